The highest BCUT2D eigenvalue weighted by atomic mass is 32.2. The summed E-state index contributed by atoms with van der Waals surface area (Å²) in [6.45, 7) is 0. The van der Waals surface area contributed by atoms with Crippen LogP contribution in [0.2, 0.25) is 0 Å². The molecule has 0 aliphatic heterocycles. The van der Waals surface area contributed by atoms with Gasteiger partial charge in [-0.15, -0.1) is 0 Å². The van der Waals surface area contributed by atoms with Gasteiger partial charge in [0.05, 0.1) is 4.90 Å². The van der Waals surface area contributed by atoms with Gasteiger partial charge in [0, 0.05) is 6.42 Å². The summed E-state index contributed by atoms with van der Waals surface area (Å²) in [5.41, 5.74) is 0.436. The molecule has 0 unspecified atom stereocenters. The maximum absolute atomic E-state index is 11.0. The molecule has 0 aliphatic carbocycles. The maximum atomic E-state index is 11.0. The van der Waals surface area contributed by atoms with Crippen LogP contribution in [0.25, 0.3) is 0 Å². The predicted molar refractivity (Wildman–Crippen MR) is 56.8 cm³/mol. The van der Waals surface area contributed by atoms with Crippen LogP contribution in [-0.2, 0) is 21.3 Å². The van der Waals surface area contributed by atoms with Crippen molar-refractivity contribution in [3.63, 3.8) is 0 Å². The highest BCUT2D eigenvalue weighted by Crippen LogP contribution is 2.17. The Morgan fingerprint density at radius 3 is 2.44 bits per heavy atom. The standard InChI is InChI=1S/C10H12O5S/c11-10(12)7-3-5-8-4-1-2-6-9(8)16(13,14)15/h1-2,4,6H,3,5,7H2,(H,11,12)(H,13,14,15). The van der Waals surface area contributed by atoms with Gasteiger partial charge < -0.3 is 5.11 Å². The van der Waals surface area contributed by atoms with Gasteiger partial charge in [0.2, 0.25) is 0 Å². The van der Waals surface area contributed by atoms with E-state index < -0.39 is 16.1 Å². The summed E-state index contributed by atoms with van der Waals surface area (Å²) in [5.74, 6) is -0.927. The Bertz CT molecular complexity index is 478. The van der Waals surface area contributed by atoms with Crippen LogP contribution in [0.4, 0.5) is 0 Å². The van der Waals surface area contributed by atoms with Crippen molar-refractivity contribution in [2.45, 2.75) is 24.2 Å². The molecule has 0 aliphatic rings. The number of carboxylic acid groups (broad SMARTS) is 1. The minimum atomic E-state index is -4.23. The number of hydrogen-bond acceptors (Lipinski definition) is 3. The Balaban J connectivity index is 2.84. The number of hydrogen-bond donors (Lipinski definition) is 2. The Hall–Kier alpha value is -1.40. The van der Waals surface area contributed by atoms with E-state index in [0.717, 1.165) is 0 Å². The van der Waals surface area contributed by atoms with E-state index in [0.29, 0.717) is 18.4 Å². The van der Waals surface area contributed by atoms with Crippen molar-refractivity contribution in [1.29, 1.82) is 0 Å². The normalized spacial score (nSPS) is 11.3. The first kappa shape index (κ1) is 12.7. The summed E-state index contributed by atoms with van der Waals surface area (Å²) in [6, 6.07) is 6.00. The van der Waals surface area contributed by atoms with E-state index in [1.807, 2.05) is 0 Å². The molecule has 0 heterocycles. The lowest BCUT2D eigenvalue weighted by molar-refractivity contribution is -0.137. The van der Waals surface area contributed by atoms with E-state index in [-0.39, 0.29) is 11.3 Å². The molecule has 0 fully saturated rings. The molecule has 0 radical (unpaired) electrons. The summed E-state index contributed by atoms with van der Waals surface area (Å²) in [4.78, 5) is 10.2. The Morgan fingerprint density at radius 1 is 1.25 bits per heavy atom. The molecule has 0 aromatic heterocycles. The molecular weight excluding hydrogens is 232 g/mol. The molecule has 88 valence electrons. The van der Waals surface area contributed by atoms with Gasteiger partial charge in [0.1, 0.15) is 0 Å². The Kier molecular flexibility index (Phi) is 4.03. The van der Waals surface area contributed by atoms with E-state index in [1.54, 1.807) is 12.1 Å². The minimum Gasteiger partial charge on any atom is -0.481 e. The molecule has 2 N–H and O–H groups in total. The van der Waals surface area contributed by atoms with E-state index in [9.17, 15) is 13.2 Å². The van der Waals surface area contributed by atoms with Crippen molar-refractivity contribution >= 4 is 16.1 Å². The molecule has 1 aromatic carbocycles. The van der Waals surface area contributed by atoms with Crippen LogP contribution in [0.3, 0.4) is 0 Å². The predicted octanol–water partition coefficient (Wildman–Crippen LogP) is 1.34. The van der Waals surface area contributed by atoms with Crippen molar-refractivity contribution in [3.8, 4) is 0 Å². The van der Waals surface area contributed by atoms with Gasteiger partial charge in [-0.1, -0.05) is 18.2 Å². The molecule has 5 nitrogen and oxygen atoms in total. The first-order valence-electron chi connectivity index (χ1n) is 4.68. The maximum Gasteiger partial charge on any atom is 0.303 e. The summed E-state index contributed by atoms with van der Waals surface area (Å²) >= 11 is 0. The fourth-order valence-electron chi connectivity index (χ4n) is 1.39. The van der Waals surface area contributed by atoms with E-state index >= 15 is 0 Å². The SMILES string of the molecule is O=C(O)CCCc1ccccc1S(=O)(=O)O. The van der Waals surface area contributed by atoms with Crippen LogP contribution in [-0.4, -0.2) is 24.0 Å². The molecule has 0 atom stereocenters. The summed E-state index contributed by atoms with van der Waals surface area (Å²) in [7, 11) is -4.23. The first-order chi connectivity index (χ1) is 7.41. The quantitative estimate of drug-likeness (QED) is 0.762. The van der Waals surface area contributed by atoms with Gasteiger partial charge in [-0.05, 0) is 24.5 Å². The average molecular weight is 244 g/mol. The van der Waals surface area contributed by atoms with E-state index in [2.05, 4.69) is 0 Å². The van der Waals surface area contributed by atoms with E-state index in [4.69, 9.17) is 9.66 Å². The lowest BCUT2D eigenvalue weighted by Crippen LogP contribution is -2.04. The Labute approximate surface area is 93.5 Å². The highest BCUT2D eigenvalue weighted by Gasteiger charge is 2.14. The molecule has 0 bridgehead atoms. The molecular formula is C10H12O5S. The lowest BCUT2D eigenvalue weighted by atomic mass is 10.1. The Morgan fingerprint density at radius 2 is 1.88 bits per heavy atom. The van der Waals surface area contributed by atoms with Gasteiger partial charge in [-0.3, -0.25) is 9.35 Å². The third kappa shape index (κ3) is 3.63. The van der Waals surface area contributed by atoms with Crippen LogP contribution in [0.15, 0.2) is 29.2 Å². The van der Waals surface area contributed by atoms with Crippen LogP contribution < -0.4 is 0 Å². The molecule has 0 saturated heterocycles. The van der Waals surface area contributed by atoms with E-state index in [1.165, 1.54) is 12.1 Å². The smallest absolute Gasteiger partial charge is 0.303 e. The monoisotopic (exact) mass is 244 g/mol. The van der Waals surface area contributed by atoms with Gasteiger partial charge in [0.25, 0.3) is 10.1 Å². The molecule has 1 aromatic rings. The summed E-state index contributed by atoms with van der Waals surface area (Å²) < 4.78 is 30.9. The third-order valence-electron chi connectivity index (χ3n) is 2.09. The molecule has 16 heavy (non-hydrogen) atoms. The minimum absolute atomic E-state index is 0.0280. The zero-order valence-electron chi connectivity index (χ0n) is 8.46. The molecule has 6 heteroatoms. The van der Waals surface area contributed by atoms with Crippen LogP contribution in [0.1, 0.15) is 18.4 Å². The number of benzene rings is 1. The number of aliphatic carboxylic acids is 1. The average Bonchev–Trinajstić information content (AvgIpc) is 2.16. The van der Waals surface area contributed by atoms with Crippen LogP contribution in [0.5, 0.6) is 0 Å². The molecule has 0 spiro atoms. The second kappa shape index (κ2) is 5.09. The van der Waals surface area contributed by atoms with Crippen molar-refractivity contribution in [1.82, 2.24) is 0 Å². The number of aryl methyl sites for hydroxylation is 1. The number of carboxylic acids is 1. The second-order valence-electron chi connectivity index (χ2n) is 3.33. The van der Waals surface area contributed by atoms with Crippen LogP contribution >= 0.6 is 0 Å². The van der Waals surface area contributed by atoms with Crippen LogP contribution in [0, 0.1) is 0 Å². The molecule has 0 amide bonds. The first-order valence-corrected chi connectivity index (χ1v) is 6.12. The zero-order valence-corrected chi connectivity index (χ0v) is 9.27. The topological polar surface area (TPSA) is 91.7 Å². The molecule has 0 saturated carbocycles. The van der Waals surface area contributed by atoms with Gasteiger partial charge >= 0.3 is 5.97 Å². The van der Waals surface area contributed by atoms with Crippen molar-refractivity contribution < 1.29 is 22.9 Å². The largest absolute Gasteiger partial charge is 0.481 e. The lowest BCUT2D eigenvalue weighted by Gasteiger charge is -2.05. The molecule has 1 rings (SSSR count). The highest BCUT2D eigenvalue weighted by molar-refractivity contribution is 7.85. The fourth-order valence-corrected chi connectivity index (χ4v) is 2.14. The van der Waals surface area contributed by atoms with Crippen molar-refractivity contribution in [2.24, 2.45) is 0 Å². The zero-order chi connectivity index (χ0) is 12.2. The van der Waals surface area contributed by atoms with Crippen molar-refractivity contribution in [2.75, 3.05) is 0 Å². The van der Waals surface area contributed by atoms with Gasteiger partial charge in [0.15, 0.2) is 0 Å². The van der Waals surface area contributed by atoms with Gasteiger partial charge in [-0.25, -0.2) is 0 Å². The second-order valence-corrected chi connectivity index (χ2v) is 4.72. The van der Waals surface area contributed by atoms with Crippen molar-refractivity contribution in [3.05, 3.63) is 29.8 Å². The third-order valence-corrected chi connectivity index (χ3v) is 3.04. The van der Waals surface area contributed by atoms with Gasteiger partial charge in [-0.2, -0.15) is 8.42 Å². The summed E-state index contributed by atoms with van der Waals surface area (Å²) in [5, 5.41) is 8.45. The number of rotatable bonds is 5. The number of carbonyl (C=O) groups is 1. The fraction of sp³-hybridized carbons (Fsp3) is 0.300. The summed E-state index contributed by atoms with van der Waals surface area (Å²) in [6.07, 6.45) is 0.615.